The summed E-state index contributed by atoms with van der Waals surface area (Å²) in [5, 5.41) is 6.07. The molecule has 0 N–H and O–H groups in total. The Bertz CT molecular complexity index is 800. The molecule has 2 aromatic heterocycles. The zero-order chi connectivity index (χ0) is 17.1. The van der Waals surface area contributed by atoms with E-state index in [-0.39, 0.29) is 6.04 Å². The third-order valence-electron chi connectivity index (χ3n) is 3.90. The monoisotopic (exact) mass is 407 g/mol. The lowest BCUT2D eigenvalue weighted by Crippen LogP contribution is -2.22. The lowest BCUT2D eigenvalue weighted by Gasteiger charge is -2.23. The van der Waals surface area contributed by atoms with Gasteiger partial charge in [0.1, 0.15) is 5.75 Å². The van der Waals surface area contributed by atoms with E-state index in [2.05, 4.69) is 50.0 Å². The number of aromatic nitrogens is 2. The summed E-state index contributed by atoms with van der Waals surface area (Å²) in [6, 6.07) is 10.3. The Morgan fingerprint density at radius 3 is 2.71 bits per heavy atom. The number of benzene rings is 1. The van der Waals surface area contributed by atoms with Gasteiger partial charge in [-0.25, -0.2) is 0 Å². The molecule has 0 amide bonds. The zero-order valence-electron chi connectivity index (χ0n) is 13.7. The van der Waals surface area contributed by atoms with Gasteiger partial charge in [-0.05, 0) is 53.7 Å². The first-order valence-corrected chi connectivity index (χ1v) is 9.15. The molecule has 3 rings (SSSR count). The van der Waals surface area contributed by atoms with Crippen molar-refractivity contribution in [2.24, 2.45) is 0 Å². The molecular formula is C17H18BrN3O2S. The number of rotatable bonds is 6. The van der Waals surface area contributed by atoms with Gasteiger partial charge in [-0.3, -0.25) is 4.90 Å². The lowest BCUT2D eigenvalue weighted by molar-refractivity contribution is 0.216. The van der Waals surface area contributed by atoms with Crippen LogP contribution < -0.4 is 4.74 Å². The van der Waals surface area contributed by atoms with Gasteiger partial charge in [0.15, 0.2) is 0 Å². The van der Waals surface area contributed by atoms with E-state index >= 15 is 0 Å². The Balaban J connectivity index is 1.67. The van der Waals surface area contributed by atoms with Crippen molar-refractivity contribution < 1.29 is 9.26 Å². The third-order valence-corrected chi connectivity index (χ3v) is 5.59. The molecule has 0 fully saturated rings. The van der Waals surface area contributed by atoms with Gasteiger partial charge in [-0.15, -0.1) is 11.3 Å². The Hall–Kier alpha value is -1.70. The number of thiophene rings is 1. The summed E-state index contributed by atoms with van der Waals surface area (Å²) in [5.74, 6) is 2.10. The van der Waals surface area contributed by atoms with Crippen LogP contribution in [0.2, 0.25) is 0 Å². The minimum Gasteiger partial charge on any atom is -0.497 e. The molecule has 126 valence electrons. The maximum atomic E-state index is 5.39. The Morgan fingerprint density at radius 1 is 1.33 bits per heavy atom. The van der Waals surface area contributed by atoms with Crippen LogP contribution >= 0.6 is 27.3 Å². The van der Waals surface area contributed by atoms with Crippen LogP contribution in [0.1, 0.15) is 24.4 Å². The average Bonchev–Trinajstić information content (AvgIpc) is 3.23. The van der Waals surface area contributed by atoms with Crippen LogP contribution in [-0.2, 0) is 6.54 Å². The van der Waals surface area contributed by atoms with Crippen molar-refractivity contribution in [1.29, 1.82) is 0 Å². The maximum Gasteiger partial charge on any atom is 0.241 e. The molecule has 0 aliphatic carbocycles. The van der Waals surface area contributed by atoms with Crippen molar-refractivity contribution in [2.75, 3.05) is 14.2 Å². The predicted octanol–water partition coefficient (Wildman–Crippen LogP) is 4.76. The highest BCUT2D eigenvalue weighted by Crippen LogP contribution is 2.28. The lowest BCUT2D eigenvalue weighted by atomic mass is 10.1. The summed E-state index contributed by atoms with van der Waals surface area (Å²) in [6.07, 6.45) is 0. The fraction of sp³-hybridized carbons (Fsp3) is 0.294. The number of halogens is 1. The first-order valence-electron chi connectivity index (χ1n) is 7.48. The van der Waals surface area contributed by atoms with Gasteiger partial charge >= 0.3 is 0 Å². The Labute approximate surface area is 153 Å². The van der Waals surface area contributed by atoms with Crippen LogP contribution in [0.25, 0.3) is 10.7 Å². The Kier molecular flexibility index (Phi) is 5.33. The van der Waals surface area contributed by atoms with Gasteiger partial charge in [-0.1, -0.05) is 17.3 Å². The second-order valence-electron chi connectivity index (χ2n) is 5.51. The van der Waals surface area contributed by atoms with Gasteiger partial charge in [0.2, 0.25) is 11.7 Å². The van der Waals surface area contributed by atoms with Gasteiger partial charge in [0.05, 0.1) is 18.5 Å². The largest absolute Gasteiger partial charge is 0.497 e. The van der Waals surface area contributed by atoms with E-state index in [1.165, 1.54) is 5.56 Å². The van der Waals surface area contributed by atoms with Crippen LogP contribution in [0.3, 0.4) is 0 Å². The summed E-state index contributed by atoms with van der Waals surface area (Å²) in [6.45, 7) is 2.74. The molecule has 24 heavy (non-hydrogen) atoms. The second-order valence-corrected chi connectivity index (χ2v) is 7.33. The van der Waals surface area contributed by atoms with Crippen molar-refractivity contribution in [3.8, 4) is 16.5 Å². The van der Waals surface area contributed by atoms with Crippen LogP contribution in [0.15, 0.2) is 44.7 Å². The van der Waals surface area contributed by atoms with Crippen molar-refractivity contribution in [1.82, 2.24) is 15.0 Å². The first-order chi connectivity index (χ1) is 11.6. The van der Waals surface area contributed by atoms with E-state index < -0.39 is 0 Å². The van der Waals surface area contributed by atoms with E-state index in [4.69, 9.17) is 9.26 Å². The smallest absolute Gasteiger partial charge is 0.241 e. The highest BCUT2D eigenvalue weighted by atomic mass is 79.9. The van der Waals surface area contributed by atoms with Crippen LogP contribution in [0, 0.1) is 0 Å². The van der Waals surface area contributed by atoms with Gasteiger partial charge in [0.25, 0.3) is 0 Å². The zero-order valence-corrected chi connectivity index (χ0v) is 16.1. The molecule has 0 bridgehead atoms. The standard InChI is InChI=1S/C17H18BrN3O2S/c1-11(12-4-6-14(22-3)7-5-12)21(2)9-16-19-17(20-23-16)15-8-13(18)10-24-15/h4-8,10-11H,9H2,1-3H3. The summed E-state index contributed by atoms with van der Waals surface area (Å²) in [5.41, 5.74) is 1.21. The number of hydrogen-bond donors (Lipinski definition) is 0. The summed E-state index contributed by atoms with van der Waals surface area (Å²) < 4.78 is 11.6. The van der Waals surface area contributed by atoms with Crippen molar-refractivity contribution in [3.63, 3.8) is 0 Å². The topological polar surface area (TPSA) is 51.4 Å². The van der Waals surface area contributed by atoms with Gasteiger partial charge < -0.3 is 9.26 Å². The summed E-state index contributed by atoms with van der Waals surface area (Å²) >= 11 is 5.02. The Morgan fingerprint density at radius 2 is 2.08 bits per heavy atom. The van der Waals surface area contributed by atoms with Gasteiger partial charge in [-0.2, -0.15) is 4.98 Å². The third kappa shape index (κ3) is 3.85. The van der Waals surface area contributed by atoms with E-state index in [1.807, 2.05) is 30.6 Å². The number of nitrogens with zero attached hydrogens (tertiary/aromatic N) is 3. The highest BCUT2D eigenvalue weighted by molar-refractivity contribution is 9.10. The quantitative estimate of drug-likeness (QED) is 0.589. The summed E-state index contributed by atoms with van der Waals surface area (Å²) in [4.78, 5) is 7.65. The highest BCUT2D eigenvalue weighted by Gasteiger charge is 2.17. The van der Waals surface area contributed by atoms with Crippen LogP contribution in [-0.4, -0.2) is 29.2 Å². The first kappa shape index (κ1) is 17.1. The average molecular weight is 408 g/mol. The van der Waals surface area contributed by atoms with Crippen molar-refractivity contribution >= 4 is 27.3 Å². The number of ether oxygens (including phenoxy) is 1. The van der Waals surface area contributed by atoms with Crippen molar-refractivity contribution in [3.05, 3.63) is 51.6 Å². The normalized spacial score (nSPS) is 12.5. The molecule has 2 heterocycles. The SMILES string of the molecule is COc1ccc(C(C)N(C)Cc2nc(-c3cc(Br)cs3)no2)cc1. The minimum atomic E-state index is 0.224. The molecule has 0 radical (unpaired) electrons. The molecular weight excluding hydrogens is 390 g/mol. The fourth-order valence-electron chi connectivity index (χ4n) is 2.34. The van der Waals surface area contributed by atoms with Gasteiger partial charge in [0, 0.05) is 15.9 Å². The molecule has 0 saturated heterocycles. The molecule has 7 heteroatoms. The minimum absolute atomic E-state index is 0.224. The van der Waals surface area contributed by atoms with E-state index in [1.54, 1.807) is 18.4 Å². The molecule has 0 spiro atoms. The molecule has 0 aliphatic rings. The van der Waals surface area contributed by atoms with Crippen LogP contribution in [0.5, 0.6) is 5.75 Å². The van der Waals surface area contributed by atoms with Crippen molar-refractivity contribution in [2.45, 2.75) is 19.5 Å². The number of hydrogen-bond acceptors (Lipinski definition) is 6. The molecule has 3 aromatic rings. The molecule has 0 saturated carbocycles. The summed E-state index contributed by atoms with van der Waals surface area (Å²) in [7, 11) is 3.71. The molecule has 1 aromatic carbocycles. The molecule has 5 nitrogen and oxygen atoms in total. The molecule has 1 unspecified atom stereocenters. The van der Waals surface area contributed by atoms with E-state index in [0.717, 1.165) is 15.1 Å². The number of methoxy groups -OCH3 is 1. The predicted molar refractivity (Wildman–Crippen MR) is 98.2 cm³/mol. The van der Waals surface area contributed by atoms with E-state index in [9.17, 15) is 0 Å². The molecule has 0 aliphatic heterocycles. The molecule has 1 atom stereocenters. The fourth-order valence-corrected chi connectivity index (χ4v) is 3.69. The maximum absolute atomic E-state index is 5.39. The van der Waals surface area contributed by atoms with Crippen LogP contribution in [0.4, 0.5) is 0 Å². The van der Waals surface area contributed by atoms with E-state index in [0.29, 0.717) is 18.3 Å². The second kappa shape index (κ2) is 7.46.